The largest absolute Gasteiger partial charge is 0.304 e. The van der Waals surface area contributed by atoms with E-state index in [1.807, 2.05) is 55.6 Å². The lowest BCUT2D eigenvalue weighted by Gasteiger charge is -2.04. The quantitative estimate of drug-likeness (QED) is 0.723. The molecule has 0 fully saturated rings. The van der Waals surface area contributed by atoms with Gasteiger partial charge in [-0.05, 0) is 37.4 Å². The van der Waals surface area contributed by atoms with Crippen LogP contribution in [0.3, 0.4) is 0 Å². The van der Waals surface area contributed by atoms with Crippen molar-refractivity contribution in [2.24, 2.45) is 0 Å². The van der Waals surface area contributed by atoms with Gasteiger partial charge in [-0.2, -0.15) is 5.26 Å². The summed E-state index contributed by atoms with van der Waals surface area (Å²) in [5.74, 6) is -0.0249. The Hall–Kier alpha value is -3.04. The molecule has 0 aliphatic rings. The first kappa shape index (κ1) is 16.8. The van der Waals surface area contributed by atoms with E-state index in [1.54, 1.807) is 16.8 Å². The van der Waals surface area contributed by atoms with Crippen molar-refractivity contribution in [2.45, 2.75) is 11.9 Å². The molecular weight excluding hydrogens is 332 g/mol. The normalized spacial score (nSPS) is 10.3. The van der Waals surface area contributed by atoms with Crippen LogP contribution in [0.5, 0.6) is 0 Å². The Morgan fingerprint density at radius 2 is 1.84 bits per heavy atom. The van der Waals surface area contributed by atoms with Crippen molar-refractivity contribution < 1.29 is 4.79 Å². The summed E-state index contributed by atoms with van der Waals surface area (Å²) in [6, 6.07) is 18.9. The number of nitriles is 1. The van der Waals surface area contributed by atoms with Gasteiger partial charge < -0.3 is 5.32 Å². The number of carbonyl (C=O) groups is 1. The highest BCUT2D eigenvalue weighted by Gasteiger charge is 2.20. The minimum absolute atomic E-state index is 0.265. The molecular formula is C19H16N4OS. The number of carbonyl (C=O) groups excluding carboxylic acids is 1. The van der Waals surface area contributed by atoms with Gasteiger partial charge in [-0.3, -0.25) is 4.79 Å². The number of benzene rings is 2. The molecule has 25 heavy (non-hydrogen) atoms. The fourth-order valence-corrected chi connectivity index (χ4v) is 3.07. The monoisotopic (exact) mass is 348 g/mol. The third-order valence-electron chi connectivity index (χ3n) is 3.69. The zero-order valence-corrected chi connectivity index (χ0v) is 14.7. The number of hydrogen-bond donors (Lipinski definition) is 1. The van der Waals surface area contributed by atoms with Crippen LogP contribution in [-0.2, 0) is 0 Å². The lowest BCUT2D eigenvalue weighted by atomic mass is 10.1. The predicted octanol–water partition coefficient (Wildman–Crippen LogP) is 4.03. The molecule has 1 heterocycles. The molecule has 0 aliphatic carbocycles. The van der Waals surface area contributed by atoms with Gasteiger partial charge in [0.25, 0.3) is 5.91 Å². The number of nitrogens with one attached hydrogen (secondary N) is 1. The second-order valence-electron chi connectivity index (χ2n) is 5.41. The molecule has 1 amide bonds. The molecule has 0 saturated heterocycles. The molecule has 0 saturated carbocycles. The van der Waals surface area contributed by atoms with Crippen LogP contribution in [0.2, 0.25) is 0 Å². The summed E-state index contributed by atoms with van der Waals surface area (Å²) < 4.78 is 1.67. The van der Waals surface area contributed by atoms with Crippen molar-refractivity contribution in [3.05, 3.63) is 71.3 Å². The van der Waals surface area contributed by atoms with Crippen molar-refractivity contribution in [1.82, 2.24) is 9.78 Å². The molecule has 124 valence electrons. The van der Waals surface area contributed by atoms with Gasteiger partial charge in [0.1, 0.15) is 16.7 Å². The van der Waals surface area contributed by atoms with E-state index < -0.39 is 0 Å². The van der Waals surface area contributed by atoms with Crippen molar-refractivity contribution in [3.8, 4) is 11.8 Å². The third kappa shape index (κ3) is 3.42. The first-order chi connectivity index (χ1) is 12.1. The van der Waals surface area contributed by atoms with Gasteiger partial charge in [-0.15, -0.1) is 16.9 Å². The highest BCUT2D eigenvalue weighted by molar-refractivity contribution is 7.98. The van der Waals surface area contributed by atoms with Crippen LogP contribution in [0.4, 0.5) is 5.82 Å². The van der Waals surface area contributed by atoms with Crippen molar-refractivity contribution in [2.75, 3.05) is 11.6 Å². The van der Waals surface area contributed by atoms with E-state index in [9.17, 15) is 10.1 Å². The fraction of sp³-hybridized carbons (Fsp3) is 0.105. The Labute approximate surface area is 150 Å². The van der Waals surface area contributed by atoms with Crippen molar-refractivity contribution in [3.63, 3.8) is 0 Å². The number of anilines is 1. The summed E-state index contributed by atoms with van der Waals surface area (Å²) in [6.07, 6.45) is 1.88. The molecule has 0 bridgehead atoms. The van der Waals surface area contributed by atoms with E-state index >= 15 is 0 Å². The predicted molar refractivity (Wildman–Crippen MR) is 99.2 cm³/mol. The van der Waals surface area contributed by atoms with Crippen LogP contribution < -0.4 is 5.32 Å². The van der Waals surface area contributed by atoms with Gasteiger partial charge in [0.05, 0.1) is 5.69 Å². The second-order valence-corrected chi connectivity index (χ2v) is 6.21. The van der Waals surface area contributed by atoms with E-state index in [2.05, 4.69) is 16.5 Å². The Bertz CT molecular complexity index is 940. The van der Waals surface area contributed by atoms with Crippen LogP contribution in [0.15, 0.2) is 59.6 Å². The number of thioether (sulfide) groups is 1. The first-order valence-corrected chi connectivity index (χ1v) is 8.87. The summed E-state index contributed by atoms with van der Waals surface area (Å²) in [4.78, 5) is 12.5. The van der Waals surface area contributed by atoms with Crippen LogP contribution in [-0.4, -0.2) is 21.9 Å². The number of amides is 1. The number of rotatable bonds is 4. The molecule has 3 aromatic rings. The average molecular weight is 348 g/mol. The van der Waals surface area contributed by atoms with Crippen LogP contribution >= 0.6 is 11.8 Å². The molecule has 2 aromatic carbocycles. The summed E-state index contributed by atoms with van der Waals surface area (Å²) in [5, 5.41) is 17.4. The third-order valence-corrected chi connectivity index (χ3v) is 4.46. The summed E-state index contributed by atoms with van der Waals surface area (Å²) in [7, 11) is 0. The summed E-state index contributed by atoms with van der Waals surface area (Å²) in [5.41, 5.74) is 2.79. The van der Waals surface area contributed by atoms with E-state index in [4.69, 9.17) is 0 Å². The van der Waals surface area contributed by atoms with Crippen LogP contribution in [0.25, 0.3) is 5.69 Å². The summed E-state index contributed by atoms with van der Waals surface area (Å²) >= 11 is 1.41. The van der Waals surface area contributed by atoms with Gasteiger partial charge >= 0.3 is 0 Å². The highest BCUT2D eigenvalue weighted by Crippen LogP contribution is 2.29. The Morgan fingerprint density at radius 3 is 2.44 bits per heavy atom. The first-order valence-electron chi connectivity index (χ1n) is 7.64. The van der Waals surface area contributed by atoms with E-state index in [0.717, 1.165) is 11.3 Å². The van der Waals surface area contributed by atoms with Crippen LogP contribution in [0.1, 0.15) is 21.5 Å². The molecule has 0 radical (unpaired) electrons. The number of aryl methyl sites for hydroxylation is 1. The molecule has 3 rings (SSSR count). The molecule has 0 spiro atoms. The molecule has 5 nitrogen and oxygen atoms in total. The average Bonchev–Trinajstić information content (AvgIpc) is 3.00. The van der Waals surface area contributed by atoms with Crippen LogP contribution in [0, 0.1) is 18.3 Å². The molecule has 0 unspecified atom stereocenters. The lowest BCUT2D eigenvalue weighted by Crippen LogP contribution is -2.13. The van der Waals surface area contributed by atoms with Gasteiger partial charge in [0.2, 0.25) is 0 Å². The standard InChI is InChI=1S/C19H16N4OS/c1-13-8-10-14(11-9-13)18(24)21-17-16(12-20)19(25-2)23(22-17)15-6-4-3-5-7-15/h3-11H,1-2H3,(H,21,22,24). The maximum atomic E-state index is 12.5. The lowest BCUT2D eigenvalue weighted by molar-refractivity contribution is 0.102. The van der Waals surface area contributed by atoms with Gasteiger partial charge in [-0.25, -0.2) is 4.68 Å². The zero-order chi connectivity index (χ0) is 17.8. The smallest absolute Gasteiger partial charge is 0.256 e. The summed E-state index contributed by atoms with van der Waals surface area (Å²) in [6.45, 7) is 1.96. The van der Waals surface area contributed by atoms with Gasteiger partial charge in [0.15, 0.2) is 5.82 Å². The van der Waals surface area contributed by atoms with Crippen molar-refractivity contribution >= 4 is 23.5 Å². The maximum Gasteiger partial charge on any atom is 0.256 e. The fourth-order valence-electron chi connectivity index (χ4n) is 2.41. The maximum absolute atomic E-state index is 12.5. The minimum atomic E-state index is -0.290. The number of aromatic nitrogens is 2. The van der Waals surface area contributed by atoms with E-state index in [0.29, 0.717) is 16.2 Å². The Balaban J connectivity index is 1.99. The molecule has 6 heteroatoms. The molecule has 1 N–H and O–H groups in total. The number of nitrogens with zero attached hydrogens (tertiary/aromatic N) is 3. The van der Waals surface area contributed by atoms with Crippen molar-refractivity contribution in [1.29, 1.82) is 5.26 Å². The molecule has 1 aromatic heterocycles. The number of hydrogen-bond acceptors (Lipinski definition) is 4. The second kappa shape index (κ2) is 7.24. The Morgan fingerprint density at radius 1 is 1.16 bits per heavy atom. The van der Waals surface area contributed by atoms with E-state index in [1.165, 1.54) is 11.8 Å². The molecule has 0 atom stereocenters. The zero-order valence-electron chi connectivity index (χ0n) is 13.9. The Kier molecular flexibility index (Phi) is 4.87. The minimum Gasteiger partial charge on any atom is -0.304 e. The highest BCUT2D eigenvalue weighted by atomic mass is 32.2. The van der Waals surface area contributed by atoms with E-state index in [-0.39, 0.29) is 11.7 Å². The molecule has 0 aliphatic heterocycles. The SMILES string of the molecule is CSc1c(C#N)c(NC(=O)c2ccc(C)cc2)nn1-c1ccccc1. The number of para-hydroxylation sites is 1. The van der Waals surface area contributed by atoms with Gasteiger partial charge in [-0.1, -0.05) is 35.9 Å². The van der Waals surface area contributed by atoms with Gasteiger partial charge in [0, 0.05) is 5.56 Å². The topological polar surface area (TPSA) is 70.7 Å².